The number of benzene rings is 2. The maximum absolute atomic E-state index is 13.1. The predicted molar refractivity (Wildman–Crippen MR) is 111 cm³/mol. The largest absolute Gasteiger partial charge is 0.497 e. The van der Waals surface area contributed by atoms with E-state index in [2.05, 4.69) is 5.32 Å². The van der Waals surface area contributed by atoms with Crippen LogP contribution >= 0.6 is 0 Å². The van der Waals surface area contributed by atoms with Crippen molar-refractivity contribution in [3.8, 4) is 11.5 Å². The normalized spacial score (nSPS) is 18.6. The zero-order valence-electron chi connectivity index (χ0n) is 17.3. The van der Waals surface area contributed by atoms with Gasteiger partial charge in [0.15, 0.2) is 0 Å². The highest BCUT2D eigenvalue weighted by molar-refractivity contribution is 5.95. The minimum atomic E-state index is -0.320. The summed E-state index contributed by atoms with van der Waals surface area (Å²) in [5, 5.41) is 3.00. The van der Waals surface area contributed by atoms with Crippen LogP contribution in [-0.4, -0.2) is 50.1 Å². The first kappa shape index (κ1) is 20.7. The molecule has 2 unspecified atom stereocenters. The molecule has 1 aliphatic heterocycles. The molecule has 1 N–H and O–H groups in total. The lowest BCUT2D eigenvalue weighted by atomic mass is 9.88. The number of hydrogen-bond acceptors (Lipinski definition) is 4. The van der Waals surface area contributed by atoms with Crippen molar-refractivity contribution in [3.05, 3.63) is 59.7 Å². The van der Waals surface area contributed by atoms with E-state index in [1.165, 1.54) is 0 Å². The van der Waals surface area contributed by atoms with Crippen molar-refractivity contribution in [3.63, 3.8) is 0 Å². The fourth-order valence-corrected chi connectivity index (χ4v) is 3.78. The Balaban J connectivity index is 1.89. The van der Waals surface area contributed by atoms with Crippen molar-refractivity contribution in [1.82, 2.24) is 10.2 Å². The third kappa shape index (κ3) is 4.70. The van der Waals surface area contributed by atoms with E-state index in [9.17, 15) is 9.59 Å². The van der Waals surface area contributed by atoms with Crippen LogP contribution in [0.5, 0.6) is 11.5 Å². The van der Waals surface area contributed by atoms with Gasteiger partial charge in [0.05, 0.1) is 20.1 Å². The first-order valence-corrected chi connectivity index (χ1v) is 9.80. The number of likely N-dealkylation sites (tertiary alicyclic amines) is 1. The van der Waals surface area contributed by atoms with E-state index in [1.54, 1.807) is 43.4 Å². The molecule has 0 aliphatic carbocycles. The molecular formula is C23H28N2O4. The molecule has 0 spiro atoms. The molecule has 0 aromatic heterocycles. The zero-order valence-corrected chi connectivity index (χ0v) is 17.3. The number of methoxy groups -OCH3 is 2. The van der Waals surface area contributed by atoms with E-state index >= 15 is 0 Å². The Morgan fingerprint density at radius 1 is 1.00 bits per heavy atom. The molecule has 1 saturated heterocycles. The third-order valence-electron chi connectivity index (χ3n) is 5.21. The standard InChI is InChI=1S/C23H28N2O4/c1-15(2)24-22(26)21-14-25(23(27)17-8-6-10-19(12-17)29-4)13-20(21)16-7-5-9-18(11-16)28-3/h5-12,15,20-21H,13-14H2,1-4H3,(H,24,26). The van der Waals surface area contributed by atoms with Crippen LogP contribution in [0.3, 0.4) is 0 Å². The number of nitrogens with one attached hydrogen (secondary N) is 1. The highest BCUT2D eigenvalue weighted by Gasteiger charge is 2.40. The van der Waals surface area contributed by atoms with E-state index in [0.29, 0.717) is 24.4 Å². The van der Waals surface area contributed by atoms with Gasteiger partial charge in [-0.15, -0.1) is 0 Å². The monoisotopic (exact) mass is 396 g/mol. The molecule has 0 radical (unpaired) electrons. The van der Waals surface area contributed by atoms with Crippen LogP contribution in [0, 0.1) is 5.92 Å². The van der Waals surface area contributed by atoms with Gasteiger partial charge in [-0.1, -0.05) is 18.2 Å². The minimum absolute atomic E-state index is 0.0336. The second-order valence-electron chi connectivity index (χ2n) is 7.59. The van der Waals surface area contributed by atoms with Crippen LogP contribution in [0.2, 0.25) is 0 Å². The number of carbonyl (C=O) groups is 2. The molecule has 2 aromatic carbocycles. The molecule has 2 amide bonds. The molecule has 0 bridgehead atoms. The van der Waals surface area contributed by atoms with Gasteiger partial charge in [0.1, 0.15) is 11.5 Å². The van der Waals surface area contributed by atoms with Crippen LogP contribution < -0.4 is 14.8 Å². The quantitative estimate of drug-likeness (QED) is 0.815. The smallest absolute Gasteiger partial charge is 0.254 e. The number of amides is 2. The average Bonchev–Trinajstić information content (AvgIpc) is 3.18. The Morgan fingerprint density at radius 2 is 1.66 bits per heavy atom. The van der Waals surface area contributed by atoms with Crippen LogP contribution in [0.4, 0.5) is 0 Å². The van der Waals surface area contributed by atoms with Gasteiger partial charge in [-0.25, -0.2) is 0 Å². The van der Waals surface area contributed by atoms with Crippen LogP contribution in [-0.2, 0) is 4.79 Å². The summed E-state index contributed by atoms with van der Waals surface area (Å²) in [6.45, 7) is 4.72. The molecule has 3 rings (SSSR count). The van der Waals surface area contributed by atoms with Gasteiger partial charge in [-0.3, -0.25) is 9.59 Å². The summed E-state index contributed by atoms with van der Waals surface area (Å²) >= 11 is 0. The van der Waals surface area contributed by atoms with Crippen LogP contribution in [0.1, 0.15) is 35.7 Å². The molecule has 2 atom stereocenters. The summed E-state index contributed by atoms with van der Waals surface area (Å²) in [6.07, 6.45) is 0. The van der Waals surface area contributed by atoms with Crippen molar-refractivity contribution in [2.75, 3.05) is 27.3 Å². The lowest BCUT2D eigenvalue weighted by molar-refractivity contribution is -0.125. The summed E-state index contributed by atoms with van der Waals surface area (Å²) in [7, 11) is 3.19. The van der Waals surface area contributed by atoms with Gasteiger partial charge in [0, 0.05) is 30.6 Å². The maximum Gasteiger partial charge on any atom is 0.254 e. The highest BCUT2D eigenvalue weighted by atomic mass is 16.5. The lowest BCUT2D eigenvalue weighted by Gasteiger charge is -2.20. The van der Waals surface area contributed by atoms with E-state index in [4.69, 9.17) is 9.47 Å². The van der Waals surface area contributed by atoms with Gasteiger partial charge in [0.25, 0.3) is 5.91 Å². The molecule has 0 saturated carbocycles. The van der Waals surface area contributed by atoms with Gasteiger partial charge >= 0.3 is 0 Å². The van der Waals surface area contributed by atoms with Crippen LogP contribution in [0.15, 0.2) is 48.5 Å². The Labute approximate surface area is 171 Å². The van der Waals surface area contributed by atoms with Crippen molar-refractivity contribution < 1.29 is 19.1 Å². The molecule has 2 aromatic rings. The molecule has 29 heavy (non-hydrogen) atoms. The van der Waals surface area contributed by atoms with Crippen LogP contribution in [0.25, 0.3) is 0 Å². The van der Waals surface area contributed by atoms with Crippen molar-refractivity contribution in [2.24, 2.45) is 5.92 Å². The summed E-state index contributed by atoms with van der Waals surface area (Å²) in [4.78, 5) is 27.8. The van der Waals surface area contributed by atoms with Gasteiger partial charge < -0.3 is 19.7 Å². The van der Waals surface area contributed by atoms with Gasteiger partial charge in [0.2, 0.25) is 5.91 Å². The van der Waals surface area contributed by atoms with Crippen molar-refractivity contribution in [1.29, 1.82) is 0 Å². The second kappa shape index (κ2) is 8.99. The van der Waals surface area contributed by atoms with Gasteiger partial charge in [-0.05, 0) is 49.7 Å². The molecular weight excluding hydrogens is 368 g/mol. The SMILES string of the molecule is COc1cccc(C(=O)N2CC(C(=O)NC(C)C)C(c3cccc(OC)c3)C2)c1. The molecule has 6 nitrogen and oxygen atoms in total. The molecule has 1 fully saturated rings. The Morgan fingerprint density at radius 3 is 2.31 bits per heavy atom. The topological polar surface area (TPSA) is 67.9 Å². The summed E-state index contributed by atoms with van der Waals surface area (Å²) in [6, 6.07) is 14.9. The fraction of sp³-hybridized carbons (Fsp3) is 0.391. The zero-order chi connectivity index (χ0) is 21.0. The average molecular weight is 396 g/mol. The lowest BCUT2D eigenvalue weighted by Crippen LogP contribution is -2.39. The molecule has 154 valence electrons. The Hall–Kier alpha value is -3.02. The third-order valence-corrected chi connectivity index (χ3v) is 5.21. The summed E-state index contributed by atoms with van der Waals surface area (Å²) in [5.74, 6) is 0.819. The maximum atomic E-state index is 13.1. The number of rotatable bonds is 6. The fourth-order valence-electron chi connectivity index (χ4n) is 3.78. The van der Waals surface area contributed by atoms with E-state index in [1.807, 2.05) is 38.1 Å². The number of hydrogen-bond donors (Lipinski definition) is 1. The summed E-state index contributed by atoms with van der Waals surface area (Å²) < 4.78 is 10.6. The summed E-state index contributed by atoms with van der Waals surface area (Å²) in [5.41, 5.74) is 1.55. The van der Waals surface area contributed by atoms with Gasteiger partial charge in [-0.2, -0.15) is 0 Å². The molecule has 1 aliphatic rings. The van der Waals surface area contributed by atoms with Crippen molar-refractivity contribution in [2.45, 2.75) is 25.8 Å². The Bertz CT molecular complexity index is 881. The predicted octanol–water partition coefficient (Wildman–Crippen LogP) is 3.08. The second-order valence-corrected chi connectivity index (χ2v) is 7.59. The number of carbonyl (C=O) groups excluding carboxylic acids is 2. The number of nitrogens with zero attached hydrogens (tertiary/aromatic N) is 1. The Kier molecular flexibility index (Phi) is 6.42. The van der Waals surface area contributed by atoms with E-state index in [0.717, 1.165) is 11.3 Å². The first-order chi connectivity index (χ1) is 13.9. The van der Waals surface area contributed by atoms with Crippen molar-refractivity contribution >= 4 is 11.8 Å². The minimum Gasteiger partial charge on any atom is -0.497 e. The molecule has 1 heterocycles. The molecule has 6 heteroatoms. The van der Waals surface area contributed by atoms with E-state index < -0.39 is 0 Å². The van der Waals surface area contributed by atoms with E-state index in [-0.39, 0.29) is 29.7 Å². The first-order valence-electron chi connectivity index (χ1n) is 9.80. The highest BCUT2D eigenvalue weighted by Crippen LogP contribution is 2.35. The number of ether oxygens (including phenoxy) is 2.